The summed E-state index contributed by atoms with van der Waals surface area (Å²) in [6.45, 7) is 3.41. The van der Waals surface area contributed by atoms with Crippen molar-refractivity contribution in [3.63, 3.8) is 0 Å². The van der Waals surface area contributed by atoms with Crippen LogP contribution in [0.15, 0.2) is 18.2 Å². The molecule has 1 aliphatic rings. The Hall–Kier alpha value is -1.62. The highest BCUT2D eigenvalue weighted by Crippen LogP contribution is 2.32. The molecule has 126 valence electrons. The average molecular weight is 342 g/mol. The monoisotopic (exact) mass is 341 g/mol. The zero-order chi connectivity index (χ0) is 17.2. The van der Waals surface area contributed by atoms with Crippen LogP contribution in [-0.4, -0.2) is 17.0 Å². The van der Waals surface area contributed by atoms with E-state index in [4.69, 9.17) is 16.7 Å². The highest BCUT2D eigenvalue weighted by atomic mass is 35.5. The second-order valence-corrected chi connectivity index (χ2v) is 7.02. The van der Waals surface area contributed by atoms with Crippen LogP contribution in [0.5, 0.6) is 0 Å². The van der Waals surface area contributed by atoms with E-state index in [-0.39, 0.29) is 16.8 Å². The maximum atomic E-state index is 14.2. The molecule has 4 nitrogen and oxygen atoms in total. The van der Waals surface area contributed by atoms with Gasteiger partial charge in [0.15, 0.2) is 0 Å². The van der Waals surface area contributed by atoms with Crippen LogP contribution in [0.4, 0.5) is 4.39 Å². The molecule has 6 heteroatoms. The lowest BCUT2D eigenvalue weighted by Crippen LogP contribution is -2.45. The first-order valence-electron chi connectivity index (χ1n) is 7.71. The third-order valence-corrected chi connectivity index (χ3v) is 4.75. The normalized spacial score (nSPS) is 21.7. The molecule has 0 radical (unpaired) electrons. The van der Waals surface area contributed by atoms with Gasteiger partial charge < -0.3 is 10.4 Å². The van der Waals surface area contributed by atoms with Gasteiger partial charge in [-0.1, -0.05) is 30.2 Å². The standard InChI is InChI=1S/C17H21ClFNO3/c1-17(2,12-7-4-8-13(18)14(12)19)20-15(21)10-5-3-6-11(9-10)16(22)23/h4,7-8,10-11H,3,5-6,9H2,1-2H3,(H,20,21)(H,22,23). The summed E-state index contributed by atoms with van der Waals surface area (Å²) in [5.74, 6) is -2.48. The maximum absolute atomic E-state index is 14.2. The molecule has 2 N–H and O–H groups in total. The molecular weight excluding hydrogens is 321 g/mol. The van der Waals surface area contributed by atoms with Crippen molar-refractivity contribution in [1.82, 2.24) is 5.32 Å². The first kappa shape index (κ1) is 17.7. The number of amides is 1. The lowest BCUT2D eigenvalue weighted by molar-refractivity contribution is -0.144. The van der Waals surface area contributed by atoms with E-state index in [1.807, 2.05) is 0 Å². The number of carbonyl (C=O) groups excluding carboxylic acids is 1. The molecule has 0 heterocycles. The van der Waals surface area contributed by atoms with E-state index in [9.17, 15) is 14.0 Å². The molecular formula is C17H21ClFNO3. The number of carboxylic acids is 1. The minimum atomic E-state index is -0.928. The zero-order valence-corrected chi connectivity index (χ0v) is 14.0. The summed E-state index contributed by atoms with van der Waals surface area (Å²) in [4.78, 5) is 23.6. The molecule has 0 aliphatic heterocycles. The first-order chi connectivity index (χ1) is 10.7. The molecule has 1 aromatic rings. The van der Waals surface area contributed by atoms with E-state index in [0.717, 1.165) is 0 Å². The number of hydrogen-bond acceptors (Lipinski definition) is 2. The van der Waals surface area contributed by atoms with Crippen molar-refractivity contribution in [3.8, 4) is 0 Å². The van der Waals surface area contributed by atoms with E-state index in [0.29, 0.717) is 31.2 Å². The van der Waals surface area contributed by atoms with Crippen LogP contribution in [0.1, 0.15) is 45.1 Å². The van der Waals surface area contributed by atoms with E-state index in [2.05, 4.69) is 5.32 Å². The summed E-state index contributed by atoms with van der Waals surface area (Å²) in [7, 11) is 0. The maximum Gasteiger partial charge on any atom is 0.306 e. The predicted octanol–water partition coefficient (Wildman–Crippen LogP) is 3.72. The Bertz CT molecular complexity index is 618. The molecule has 0 aromatic heterocycles. The van der Waals surface area contributed by atoms with Crippen LogP contribution in [0.2, 0.25) is 5.02 Å². The van der Waals surface area contributed by atoms with Gasteiger partial charge in [0.1, 0.15) is 5.82 Å². The first-order valence-corrected chi connectivity index (χ1v) is 8.09. The van der Waals surface area contributed by atoms with E-state index >= 15 is 0 Å². The average Bonchev–Trinajstić information content (AvgIpc) is 2.49. The van der Waals surface area contributed by atoms with Crippen molar-refractivity contribution in [1.29, 1.82) is 0 Å². The van der Waals surface area contributed by atoms with E-state index in [1.54, 1.807) is 26.0 Å². The molecule has 23 heavy (non-hydrogen) atoms. The van der Waals surface area contributed by atoms with Crippen molar-refractivity contribution >= 4 is 23.5 Å². The number of rotatable bonds is 4. The van der Waals surface area contributed by atoms with Crippen molar-refractivity contribution in [2.75, 3.05) is 0 Å². The zero-order valence-electron chi connectivity index (χ0n) is 13.2. The van der Waals surface area contributed by atoms with Gasteiger partial charge in [0, 0.05) is 11.5 Å². The fourth-order valence-corrected chi connectivity index (χ4v) is 3.29. The van der Waals surface area contributed by atoms with Gasteiger partial charge in [0.05, 0.1) is 16.5 Å². The molecule has 1 saturated carbocycles. The van der Waals surface area contributed by atoms with Crippen molar-refractivity contribution in [3.05, 3.63) is 34.6 Å². The van der Waals surface area contributed by atoms with Gasteiger partial charge in [-0.15, -0.1) is 0 Å². The summed E-state index contributed by atoms with van der Waals surface area (Å²) in [5, 5.41) is 12.0. The third-order valence-electron chi connectivity index (χ3n) is 4.45. The number of nitrogens with one attached hydrogen (secondary N) is 1. The minimum Gasteiger partial charge on any atom is -0.481 e. The van der Waals surface area contributed by atoms with Crippen molar-refractivity contribution in [2.24, 2.45) is 11.8 Å². The van der Waals surface area contributed by atoms with Crippen LogP contribution < -0.4 is 5.32 Å². The Kier molecular flexibility index (Phi) is 5.30. The van der Waals surface area contributed by atoms with Gasteiger partial charge in [0.2, 0.25) is 5.91 Å². The minimum absolute atomic E-state index is 0.00781. The number of carboxylic acid groups (broad SMARTS) is 1. The molecule has 1 amide bonds. The van der Waals surface area contributed by atoms with E-state index < -0.39 is 23.2 Å². The highest BCUT2D eigenvalue weighted by molar-refractivity contribution is 6.30. The molecule has 2 unspecified atom stereocenters. The van der Waals surface area contributed by atoms with Crippen LogP contribution >= 0.6 is 11.6 Å². The molecule has 1 fully saturated rings. The number of carbonyl (C=O) groups is 2. The quantitative estimate of drug-likeness (QED) is 0.877. The number of aliphatic carboxylic acids is 1. The lowest BCUT2D eigenvalue weighted by atomic mass is 9.80. The number of benzene rings is 1. The summed E-state index contributed by atoms with van der Waals surface area (Å²) >= 11 is 5.81. The van der Waals surface area contributed by atoms with Gasteiger partial charge >= 0.3 is 5.97 Å². The number of hydrogen-bond donors (Lipinski definition) is 2. The smallest absolute Gasteiger partial charge is 0.306 e. The van der Waals surface area contributed by atoms with Crippen molar-refractivity contribution in [2.45, 2.75) is 45.1 Å². The van der Waals surface area contributed by atoms with Crippen molar-refractivity contribution < 1.29 is 19.1 Å². The second-order valence-electron chi connectivity index (χ2n) is 6.61. The summed E-state index contributed by atoms with van der Waals surface area (Å²) < 4.78 is 14.2. The van der Waals surface area contributed by atoms with Crippen LogP contribution in [0.3, 0.4) is 0 Å². The SMILES string of the molecule is CC(C)(NC(=O)C1CCCC(C(=O)O)C1)c1cccc(Cl)c1F. The third kappa shape index (κ3) is 4.02. The van der Waals surface area contributed by atoms with Crippen LogP contribution in [0.25, 0.3) is 0 Å². The lowest BCUT2D eigenvalue weighted by Gasteiger charge is -2.32. The predicted molar refractivity (Wildman–Crippen MR) is 85.7 cm³/mol. The Balaban J connectivity index is 2.12. The summed E-state index contributed by atoms with van der Waals surface area (Å²) in [5.41, 5.74) is -0.619. The fourth-order valence-electron chi connectivity index (χ4n) is 3.12. The molecule has 0 bridgehead atoms. The molecule has 1 aromatic carbocycles. The van der Waals surface area contributed by atoms with Crippen LogP contribution in [-0.2, 0) is 15.1 Å². The summed E-state index contributed by atoms with van der Waals surface area (Å²) in [6, 6.07) is 4.68. The van der Waals surface area contributed by atoms with E-state index in [1.165, 1.54) is 6.07 Å². The summed E-state index contributed by atoms with van der Waals surface area (Å²) in [6.07, 6.45) is 2.30. The Morgan fingerprint density at radius 3 is 2.61 bits per heavy atom. The highest BCUT2D eigenvalue weighted by Gasteiger charge is 2.34. The Morgan fingerprint density at radius 1 is 1.30 bits per heavy atom. The van der Waals surface area contributed by atoms with Gasteiger partial charge in [-0.2, -0.15) is 0 Å². The number of halogens is 2. The molecule has 1 aliphatic carbocycles. The van der Waals surface area contributed by atoms with Crippen LogP contribution in [0, 0.1) is 17.7 Å². The van der Waals surface area contributed by atoms with Gasteiger partial charge in [-0.25, -0.2) is 4.39 Å². The molecule has 2 rings (SSSR count). The molecule has 2 atom stereocenters. The Morgan fingerprint density at radius 2 is 1.96 bits per heavy atom. The van der Waals surface area contributed by atoms with Gasteiger partial charge in [0.25, 0.3) is 0 Å². The second kappa shape index (κ2) is 6.87. The largest absolute Gasteiger partial charge is 0.481 e. The topological polar surface area (TPSA) is 66.4 Å². The Labute approximate surface area is 140 Å². The van der Waals surface area contributed by atoms with Gasteiger partial charge in [-0.05, 0) is 39.2 Å². The fraction of sp³-hybridized carbons (Fsp3) is 0.529. The van der Waals surface area contributed by atoms with Gasteiger partial charge in [-0.3, -0.25) is 9.59 Å². The molecule has 0 spiro atoms. The molecule has 0 saturated heterocycles.